The zero-order valence-electron chi connectivity index (χ0n) is 12.4. The zero-order valence-corrected chi connectivity index (χ0v) is 12.4. The molecule has 7 heteroatoms. The summed E-state index contributed by atoms with van der Waals surface area (Å²) in [4.78, 5) is 22.1. The van der Waals surface area contributed by atoms with Crippen LogP contribution >= 0.6 is 0 Å². The van der Waals surface area contributed by atoms with Crippen LogP contribution in [-0.4, -0.2) is 36.8 Å². The van der Waals surface area contributed by atoms with Crippen molar-refractivity contribution in [1.82, 2.24) is 9.97 Å². The fourth-order valence-electron chi connectivity index (χ4n) is 2.06. The van der Waals surface area contributed by atoms with Gasteiger partial charge in [0.2, 0.25) is 18.6 Å². The van der Waals surface area contributed by atoms with Gasteiger partial charge in [-0.15, -0.1) is 0 Å². The molecule has 1 amide bonds. The molecule has 0 spiro atoms. The third-order valence-electron chi connectivity index (χ3n) is 3.12. The number of nitrogens with one attached hydrogen (secondary N) is 1. The van der Waals surface area contributed by atoms with E-state index in [1.807, 2.05) is 26.2 Å². The highest BCUT2D eigenvalue weighted by atomic mass is 16.7. The van der Waals surface area contributed by atoms with E-state index >= 15 is 0 Å². The Kier molecular flexibility index (Phi) is 3.78. The van der Waals surface area contributed by atoms with Crippen LogP contribution in [0.25, 0.3) is 0 Å². The van der Waals surface area contributed by atoms with Crippen LogP contribution in [0.1, 0.15) is 5.56 Å². The summed E-state index contributed by atoms with van der Waals surface area (Å²) in [6.45, 7) is 0.223. The van der Waals surface area contributed by atoms with Gasteiger partial charge in [-0.05, 0) is 17.7 Å². The maximum atomic E-state index is 12.1. The first kappa shape index (κ1) is 14.1. The normalized spacial score (nSPS) is 12.1. The van der Waals surface area contributed by atoms with Gasteiger partial charge in [0.1, 0.15) is 0 Å². The molecule has 0 unspecified atom stereocenters. The van der Waals surface area contributed by atoms with Gasteiger partial charge in [0, 0.05) is 14.1 Å². The predicted molar refractivity (Wildman–Crippen MR) is 81.3 cm³/mol. The molecule has 1 N–H and O–H groups in total. The number of nitrogens with zero attached hydrogens (tertiary/aromatic N) is 3. The van der Waals surface area contributed by atoms with Crippen molar-refractivity contribution in [3.05, 3.63) is 36.2 Å². The van der Waals surface area contributed by atoms with Gasteiger partial charge in [0.15, 0.2) is 11.5 Å². The minimum Gasteiger partial charge on any atom is -0.454 e. The summed E-state index contributed by atoms with van der Waals surface area (Å²) in [6.07, 6.45) is 3.41. The average Bonchev–Trinajstić information content (AvgIpc) is 2.95. The smallest absolute Gasteiger partial charge is 0.231 e. The van der Waals surface area contributed by atoms with Gasteiger partial charge in [0.25, 0.3) is 0 Å². The van der Waals surface area contributed by atoms with Crippen molar-refractivity contribution in [2.75, 3.05) is 31.1 Å². The van der Waals surface area contributed by atoms with E-state index in [1.165, 1.54) is 0 Å². The molecule has 0 radical (unpaired) electrons. The number of hydrogen-bond donors (Lipinski definition) is 1. The van der Waals surface area contributed by atoms with Crippen LogP contribution in [0, 0.1) is 0 Å². The molecule has 1 aliphatic heterocycles. The molecular formula is C15H16N4O3. The van der Waals surface area contributed by atoms with Gasteiger partial charge in [0.05, 0.1) is 24.5 Å². The van der Waals surface area contributed by atoms with Crippen molar-refractivity contribution in [2.24, 2.45) is 0 Å². The van der Waals surface area contributed by atoms with Crippen molar-refractivity contribution in [3.63, 3.8) is 0 Å². The lowest BCUT2D eigenvalue weighted by Crippen LogP contribution is -2.16. The minimum absolute atomic E-state index is 0.139. The average molecular weight is 300 g/mol. The first-order valence-corrected chi connectivity index (χ1v) is 6.79. The molecule has 2 heterocycles. The van der Waals surface area contributed by atoms with Gasteiger partial charge in [-0.2, -0.15) is 0 Å². The standard InChI is InChI=1S/C15H16N4O3/c1-19(2)15-16-7-11(8-17-15)18-14(20)6-10-3-4-12-13(5-10)22-9-21-12/h3-5,7-8H,6,9H2,1-2H3,(H,18,20). The molecule has 1 aliphatic rings. The van der Waals surface area contributed by atoms with Crippen molar-refractivity contribution >= 4 is 17.5 Å². The van der Waals surface area contributed by atoms with Crippen LogP contribution < -0.4 is 19.7 Å². The number of aromatic nitrogens is 2. The second kappa shape index (κ2) is 5.88. The number of anilines is 2. The molecule has 0 saturated carbocycles. The molecular weight excluding hydrogens is 284 g/mol. The number of hydrogen-bond acceptors (Lipinski definition) is 6. The third kappa shape index (κ3) is 3.08. The molecule has 0 atom stereocenters. The molecule has 1 aromatic carbocycles. The van der Waals surface area contributed by atoms with Crippen LogP contribution in [0.5, 0.6) is 11.5 Å². The molecule has 114 valence electrons. The molecule has 0 saturated heterocycles. The Morgan fingerprint density at radius 3 is 2.68 bits per heavy atom. The third-order valence-corrected chi connectivity index (χ3v) is 3.12. The van der Waals surface area contributed by atoms with Gasteiger partial charge in [-0.25, -0.2) is 9.97 Å². The highest BCUT2D eigenvalue weighted by Crippen LogP contribution is 2.32. The van der Waals surface area contributed by atoms with E-state index in [9.17, 15) is 4.79 Å². The van der Waals surface area contributed by atoms with Crippen LogP contribution in [0.2, 0.25) is 0 Å². The van der Waals surface area contributed by atoms with E-state index < -0.39 is 0 Å². The summed E-state index contributed by atoms with van der Waals surface area (Å²) < 4.78 is 10.5. The fraction of sp³-hybridized carbons (Fsp3) is 0.267. The largest absolute Gasteiger partial charge is 0.454 e. The summed E-state index contributed by atoms with van der Waals surface area (Å²) in [5.41, 5.74) is 1.42. The Morgan fingerprint density at radius 1 is 1.23 bits per heavy atom. The monoisotopic (exact) mass is 300 g/mol. The van der Waals surface area contributed by atoms with Crippen molar-refractivity contribution in [3.8, 4) is 11.5 Å². The van der Waals surface area contributed by atoms with E-state index in [1.54, 1.807) is 23.4 Å². The molecule has 2 aromatic rings. The van der Waals surface area contributed by atoms with Crippen molar-refractivity contribution in [2.45, 2.75) is 6.42 Å². The Labute approximate surface area is 127 Å². The molecule has 7 nitrogen and oxygen atoms in total. The molecule has 0 aliphatic carbocycles. The fourth-order valence-corrected chi connectivity index (χ4v) is 2.06. The topological polar surface area (TPSA) is 76.6 Å². The molecule has 1 aromatic heterocycles. The first-order chi connectivity index (χ1) is 10.6. The summed E-state index contributed by atoms with van der Waals surface area (Å²) in [5, 5.41) is 2.77. The highest BCUT2D eigenvalue weighted by Gasteiger charge is 2.14. The quantitative estimate of drug-likeness (QED) is 0.921. The van der Waals surface area contributed by atoms with E-state index in [0.29, 0.717) is 23.1 Å². The van der Waals surface area contributed by atoms with Crippen LogP contribution in [0.15, 0.2) is 30.6 Å². The number of fused-ring (bicyclic) bond motifs is 1. The van der Waals surface area contributed by atoms with Gasteiger partial charge >= 0.3 is 0 Å². The number of carbonyl (C=O) groups excluding carboxylic acids is 1. The van der Waals surface area contributed by atoms with E-state index in [-0.39, 0.29) is 19.1 Å². The Morgan fingerprint density at radius 2 is 1.95 bits per heavy atom. The summed E-state index contributed by atoms with van der Waals surface area (Å²) in [6, 6.07) is 5.46. The van der Waals surface area contributed by atoms with Crippen LogP contribution in [0.3, 0.4) is 0 Å². The molecule has 22 heavy (non-hydrogen) atoms. The van der Waals surface area contributed by atoms with Gasteiger partial charge in [-0.1, -0.05) is 6.07 Å². The van der Waals surface area contributed by atoms with Gasteiger partial charge in [-0.3, -0.25) is 4.79 Å². The van der Waals surface area contributed by atoms with E-state index in [2.05, 4.69) is 15.3 Å². The lowest BCUT2D eigenvalue weighted by atomic mass is 10.1. The number of rotatable bonds is 4. The van der Waals surface area contributed by atoms with Crippen LogP contribution in [0.4, 0.5) is 11.6 Å². The molecule has 0 fully saturated rings. The summed E-state index contributed by atoms with van der Waals surface area (Å²) in [5.74, 6) is 1.83. The maximum absolute atomic E-state index is 12.1. The second-order valence-corrected chi connectivity index (χ2v) is 5.08. The highest BCUT2D eigenvalue weighted by molar-refractivity contribution is 5.92. The first-order valence-electron chi connectivity index (χ1n) is 6.79. The SMILES string of the molecule is CN(C)c1ncc(NC(=O)Cc2ccc3c(c2)OCO3)cn1. The lowest BCUT2D eigenvalue weighted by Gasteiger charge is -2.10. The zero-order chi connectivity index (χ0) is 15.5. The van der Waals surface area contributed by atoms with E-state index in [4.69, 9.17) is 9.47 Å². The van der Waals surface area contributed by atoms with Crippen LogP contribution in [-0.2, 0) is 11.2 Å². The van der Waals surface area contributed by atoms with Crippen molar-refractivity contribution < 1.29 is 14.3 Å². The maximum Gasteiger partial charge on any atom is 0.231 e. The number of ether oxygens (including phenoxy) is 2. The lowest BCUT2D eigenvalue weighted by molar-refractivity contribution is -0.115. The summed E-state index contributed by atoms with van der Waals surface area (Å²) >= 11 is 0. The minimum atomic E-state index is -0.139. The molecule has 0 bridgehead atoms. The number of carbonyl (C=O) groups is 1. The summed E-state index contributed by atoms with van der Waals surface area (Å²) in [7, 11) is 3.71. The van der Waals surface area contributed by atoms with Gasteiger partial charge < -0.3 is 19.7 Å². The predicted octanol–water partition coefficient (Wildman–Crippen LogP) is 1.45. The van der Waals surface area contributed by atoms with E-state index in [0.717, 1.165) is 5.56 Å². The Bertz CT molecular complexity index is 686. The van der Waals surface area contributed by atoms with Crippen molar-refractivity contribution in [1.29, 1.82) is 0 Å². The Hall–Kier alpha value is -2.83. The number of amides is 1. The number of benzene rings is 1. The Balaban J connectivity index is 1.62. The second-order valence-electron chi connectivity index (χ2n) is 5.08. The molecule has 3 rings (SSSR count).